The van der Waals surface area contributed by atoms with E-state index in [4.69, 9.17) is 9.68 Å². The molecule has 0 aliphatic heterocycles. The van der Waals surface area contributed by atoms with E-state index in [0.29, 0.717) is 11.1 Å². The minimum Gasteiger partial charge on any atom is -0.412 e. The molecule has 0 fully saturated rings. The van der Waals surface area contributed by atoms with Gasteiger partial charge >= 0.3 is 6.39 Å². The fraction of sp³-hybridized carbons (Fsp3) is 0.0833. The molecule has 1 aromatic carbocycles. The summed E-state index contributed by atoms with van der Waals surface area (Å²) in [6, 6.07) is 8.77. The maximum Gasteiger partial charge on any atom is 0.334 e. The van der Waals surface area contributed by atoms with E-state index in [1.807, 2.05) is 6.07 Å². The van der Waals surface area contributed by atoms with E-state index in [2.05, 4.69) is 0 Å². The van der Waals surface area contributed by atoms with E-state index in [1.54, 1.807) is 35.0 Å². The first kappa shape index (κ1) is 10.1. The van der Waals surface area contributed by atoms with Crippen LogP contribution in [0, 0.1) is 11.3 Å². The van der Waals surface area contributed by atoms with Crippen LogP contribution in [0.4, 0.5) is 0 Å². The number of nitriles is 1. The molecule has 0 amide bonds. The number of carbonyl (C=O) groups excluding carboxylic acids is 1. The summed E-state index contributed by atoms with van der Waals surface area (Å²) < 4.78 is 6.48. The fourth-order valence-electron chi connectivity index (χ4n) is 1.43. The summed E-state index contributed by atoms with van der Waals surface area (Å²) in [7, 11) is 0. The number of Topliss-reactive ketones (excluding diaryl/α,β-unsaturated/α-hetero) is 1. The van der Waals surface area contributed by atoms with Crippen molar-refractivity contribution in [1.82, 2.24) is 0 Å². The van der Waals surface area contributed by atoms with Gasteiger partial charge in [0, 0.05) is 5.56 Å². The first-order chi connectivity index (χ1) is 7.81. The van der Waals surface area contributed by atoms with Gasteiger partial charge in [-0.05, 0) is 12.1 Å². The summed E-state index contributed by atoms with van der Waals surface area (Å²) in [4.78, 5) is 11.9. The van der Waals surface area contributed by atoms with Crippen LogP contribution in [-0.2, 0) is 6.54 Å². The summed E-state index contributed by atoms with van der Waals surface area (Å²) in [6.45, 7) is 0.176. The van der Waals surface area contributed by atoms with Crippen LogP contribution in [0.1, 0.15) is 15.9 Å². The van der Waals surface area contributed by atoms with Crippen LogP contribution in [0.15, 0.2) is 47.5 Å². The Morgan fingerprint density at radius 3 is 2.94 bits per heavy atom. The van der Waals surface area contributed by atoms with E-state index in [1.165, 1.54) is 12.7 Å². The van der Waals surface area contributed by atoms with Crippen LogP contribution in [0.3, 0.4) is 0 Å². The molecule has 2 aromatic rings. The third-order valence-electron chi connectivity index (χ3n) is 2.20. The zero-order valence-electron chi connectivity index (χ0n) is 8.46. The van der Waals surface area contributed by atoms with Gasteiger partial charge in [-0.3, -0.25) is 4.79 Å². The highest BCUT2D eigenvalue weighted by Gasteiger charge is 2.15. The maximum absolute atomic E-state index is 11.9. The highest BCUT2D eigenvalue weighted by atomic mass is 16.3. The van der Waals surface area contributed by atoms with Gasteiger partial charge in [0.15, 0.2) is 6.26 Å². The Kier molecular flexibility index (Phi) is 2.79. The van der Waals surface area contributed by atoms with Gasteiger partial charge in [0.2, 0.25) is 18.5 Å². The van der Waals surface area contributed by atoms with E-state index < -0.39 is 0 Å². The Morgan fingerprint density at radius 2 is 2.25 bits per heavy atom. The van der Waals surface area contributed by atoms with Crippen molar-refractivity contribution < 1.29 is 13.8 Å². The summed E-state index contributed by atoms with van der Waals surface area (Å²) in [5.74, 6) is -0.108. The van der Waals surface area contributed by atoms with Gasteiger partial charge in [-0.15, -0.1) is 0 Å². The summed E-state index contributed by atoms with van der Waals surface area (Å²) >= 11 is 0. The fourth-order valence-corrected chi connectivity index (χ4v) is 1.43. The molecule has 78 valence electrons. The van der Waals surface area contributed by atoms with Crippen LogP contribution in [-0.4, -0.2) is 5.78 Å². The molecule has 1 aromatic heterocycles. The predicted molar refractivity (Wildman–Crippen MR) is 54.4 cm³/mol. The number of ketones is 1. The number of hydrogen-bond acceptors (Lipinski definition) is 3. The minimum atomic E-state index is -0.108. The standard InChI is InChI=1S/C12H9N2O2/c13-7-10-3-1-2-4-11(10)12(15)8-14-5-6-16-9-14/h1-6,9H,8H2/q+1. The van der Waals surface area contributed by atoms with Crippen LogP contribution >= 0.6 is 0 Å². The van der Waals surface area contributed by atoms with Crippen molar-refractivity contribution in [2.75, 3.05) is 0 Å². The van der Waals surface area contributed by atoms with Crippen molar-refractivity contribution in [2.45, 2.75) is 6.54 Å². The number of benzene rings is 1. The number of carbonyl (C=O) groups is 1. The van der Waals surface area contributed by atoms with Gasteiger partial charge in [0.05, 0.1) is 11.6 Å². The second kappa shape index (κ2) is 4.41. The highest BCUT2D eigenvalue weighted by molar-refractivity contribution is 5.97. The topological polar surface area (TPSA) is 57.9 Å². The minimum absolute atomic E-state index is 0.108. The molecule has 4 heteroatoms. The lowest BCUT2D eigenvalue weighted by Crippen LogP contribution is -2.35. The van der Waals surface area contributed by atoms with Gasteiger partial charge in [-0.1, -0.05) is 12.1 Å². The number of hydrogen-bond donors (Lipinski definition) is 0. The Bertz CT molecular complexity index is 538. The molecular formula is C12H9N2O2+. The summed E-state index contributed by atoms with van der Waals surface area (Å²) in [5, 5.41) is 8.87. The Labute approximate surface area is 92.4 Å². The van der Waals surface area contributed by atoms with Crippen molar-refractivity contribution in [3.63, 3.8) is 0 Å². The Hall–Kier alpha value is -2.41. The molecule has 0 saturated carbocycles. The van der Waals surface area contributed by atoms with Gasteiger partial charge in [-0.25, -0.2) is 0 Å². The van der Waals surface area contributed by atoms with Crippen molar-refractivity contribution in [3.8, 4) is 6.07 Å². The smallest absolute Gasteiger partial charge is 0.334 e. The molecule has 0 aliphatic rings. The van der Waals surface area contributed by atoms with Crippen molar-refractivity contribution >= 4 is 5.78 Å². The van der Waals surface area contributed by atoms with Crippen molar-refractivity contribution in [1.29, 1.82) is 5.26 Å². The summed E-state index contributed by atoms with van der Waals surface area (Å²) in [5.41, 5.74) is 0.843. The average Bonchev–Trinajstić information content (AvgIpc) is 2.81. The molecule has 0 saturated heterocycles. The number of rotatable bonds is 3. The summed E-state index contributed by atoms with van der Waals surface area (Å²) in [6.07, 6.45) is 4.60. The van der Waals surface area contributed by atoms with Gasteiger partial charge in [0.1, 0.15) is 0 Å². The van der Waals surface area contributed by atoms with Crippen LogP contribution in [0.25, 0.3) is 0 Å². The Balaban J connectivity index is 2.25. The number of aromatic nitrogens is 1. The van der Waals surface area contributed by atoms with Crippen molar-refractivity contribution in [2.24, 2.45) is 0 Å². The van der Waals surface area contributed by atoms with E-state index in [-0.39, 0.29) is 12.3 Å². The average molecular weight is 213 g/mol. The lowest BCUT2D eigenvalue weighted by Gasteiger charge is -1.98. The molecule has 0 N–H and O–H groups in total. The largest absolute Gasteiger partial charge is 0.412 e. The first-order valence-corrected chi connectivity index (χ1v) is 4.75. The SMILES string of the molecule is N#Cc1ccccc1C(=O)C[n+]1ccoc1. The van der Waals surface area contributed by atoms with Gasteiger partial charge < -0.3 is 4.42 Å². The van der Waals surface area contributed by atoms with Gasteiger partial charge in [0.25, 0.3) is 0 Å². The first-order valence-electron chi connectivity index (χ1n) is 4.75. The molecule has 2 rings (SSSR count). The molecule has 0 spiro atoms. The van der Waals surface area contributed by atoms with Crippen LogP contribution in [0.2, 0.25) is 0 Å². The van der Waals surface area contributed by atoms with Crippen LogP contribution in [0.5, 0.6) is 0 Å². The quantitative estimate of drug-likeness (QED) is 0.570. The van der Waals surface area contributed by atoms with E-state index in [9.17, 15) is 4.79 Å². The van der Waals surface area contributed by atoms with E-state index in [0.717, 1.165) is 0 Å². The van der Waals surface area contributed by atoms with Crippen LogP contribution < -0.4 is 4.57 Å². The molecule has 16 heavy (non-hydrogen) atoms. The zero-order valence-corrected chi connectivity index (χ0v) is 8.46. The maximum atomic E-state index is 11.9. The highest BCUT2D eigenvalue weighted by Crippen LogP contribution is 2.08. The lowest BCUT2D eigenvalue weighted by atomic mass is 10.0. The van der Waals surface area contributed by atoms with Crippen molar-refractivity contribution in [3.05, 3.63) is 54.2 Å². The third-order valence-corrected chi connectivity index (χ3v) is 2.20. The lowest BCUT2D eigenvalue weighted by molar-refractivity contribution is -0.686. The second-order valence-electron chi connectivity index (χ2n) is 3.28. The third kappa shape index (κ3) is 1.98. The zero-order chi connectivity index (χ0) is 11.4. The number of nitrogens with zero attached hydrogens (tertiary/aromatic N) is 2. The van der Waals surface area contributed by atoms with Gasteiger partial charge in [-0.2, -0.15) is 9.83 Å². The molecule has 0 radical (unpaired) electrons. The molecular weight excluding hydrogens is 204 g/mol. The molecule has 0 atom stereocenters. The molecule has 1 heterocycles. The molecule has 4 nitrogen and oxygen atoms in total. The molecule has 0 unspecified atom stereocenters. The second-order valence-corrected chi connectivity index (χ2v) is 3.28. The normalized spacial score (nSPS) is 9.69. The van der Waals surface area contributed by atoms with E-state index >= 15 is 0 Å². The Morgan fingerprint density at radius 1 is 1.44 bits per heavy atom. The number of oxazole rings is 1. The monoisotopic (exact) mass is 213 g/mol. The predicted octanol–water partition coefficient (Wildman–Crippen LogP) is 1.32. The molecule has 0 aliphatic carbocycles. The molecule has 0 bridgehead atoms.